The third kappa shape index (κ3) is 3.59. The molecule has 2 aliphatic carbocycles. The zero-order valence-corrected chi connectivity index (χ0v) is 16.0. The highest BCUT2D eigenvalue weighted by molar-refractivity contribution is 7.91. The van der Waals surface area contributed by atoms with Gasteiger partial charge in [-0.05, 0) is 25.7 Å². The van der Waals surface area contributed by atoms with Crippen LogP contribution < -0.4 is 10.6 Å². The van der Waals surface area contributed by atoms with E-state index in [1.807, 2.05) is 0 Å². The Morgan fingerprint density at radius 2 is 2.00 bits per heavy atom. The number of anilines is 1. The standard InChI is InChI=1S/C16H25N3O3S2/c1-16(2)9-8-11-13(16)18-15(23-11)19-14(20)17-10-6-4-5-7-12(10)24(3,21)22/h10,12H,4-9H2,1-3H3,(H2,17,18,19,20)/t10-,12-/m1/s1. The number of carbonyl (C=O) groups is 1. The van der Waals surface area contributed by atoms with Crippen LogP contribution in [0.25, 0.3) is 0 Å². The first kappa shape index (κ1) is 17.7. The minimum atomic E-state index is -3.16. The molecule has 2 amide bonds. The van der Waals surface area contributed by atoms with Crippen molar-refractivity contribution < 1.29 is 13.2 Å². The Balaban J connectivity index is 1.66. The SMILES string of the molecule is CC1(C)CCc2sc(NC(=O)N[C@@H]3CCCC[C@H]3S(C)(=O)=O)nc21. The van der Waals surface area contributed by atoms with Crippen molar-refractivity contribution in [2.24, 2.45) is 0 Å². The van der Waals surface area contributed by atoms with Crippen molar-refractivity contribution in [3.05, 3.63) is 10.6 Å². The average Bonchev–Trinajstić information content (AvgIpc) is 2.99. The van der Waals surface area contributed by atoms with Gasteiger partial charge in [0.25, 0.3) is 0 Å². The molecular weight excluding hydrogens is 346 g/mol. The van der Waals surface area contributed by atoms with E-state index in [4.69, 9.17) is 0 Å². The van der Waals surface area contributed by atoms with Gasteiger partial charge in [-0.15, -0.1) is 11.3 Å². The van der Waals surface area contributed by atoms with Crippen LogP contribution in [0.5, 0.6) is 0 Å². The fourth-order valence-corrected chi connectivity index (χ4v) is 6.26. The molecule has 0 aromatic carbocycles. The molecule has 0 radical (unpaired) electrons. The second kappa shape index (κ2) is 6.29. The van der Waals surface area contributed by atoms with Crippen LogP contribution in [-0.2, 0) is 21.7 Å². The summed E-state index contributed by atoms with van der Waals surface area (Å²) in [6.07, 6.45) is 6.50. The lowest BCUT2D eigenvalue weighted by Gasteiger charge is -2.30. The van der Waals surface area contributed by atoms with Crippen molar-refractivity contribution >= 4 is 32.3 Å². The van der Waals surface area contributed by atoms with Gasteiger partial charge in [-0.3, -0.25) is 5.32 Å². The van der Waals surface area contributed by atoms with Crippen LogP contribution in [0.2, 0.25) is 0 Å². The first-order valence-corrected chi connectivity index (χ1v) is 11.2. The molecule has 24 heavy (non-hydrogen) atoms. The van der Waals surface area contributed by atoms with Crippen LogP contribution in [-0.4, -0.2) is 37.0 Å². The highest BCUT2D eigenvalue weighted by atomic mass is 32.2. The van der Waals surface area contributed by atoms with Crippen LogP contribution >= 0.6 is 11.3 Å². The summed E-state index contributed by atoms with van der Waals surface area (Å²) in [5.74, 6) is 0. The Hall–Kier alpha value is -1.15. The van der Waals surface area contributed by atoms with Gasteiger partial charge < -0.3 is 5.32 Å². The third-order valence-corrected chi connectivity index (χ3v) is 7.80. The van der Waals surface area contributed by atoms with E-state index in [2.05, 4.69) is 29.5 Å². The van der Waals surface area contributed by atoms with E-state index in [0.29, 0.717) is 18.0 Å². The number of carbonyl (C=O) groups excluding carboxylic acids is 1. The quantitative estimate of drug-likeness (QED) is 0.855. The lowest BCUT2D eigenvalue weighted by atomic mass is 9.91. The lowest BCUT2D eigenvalue weighted by molar-refractivity contribution is 0.244. The number of hydrogen-bond donors (Lipinski definition) is 2. The monoisotopic (exact) mass is 371 g/mol. The molecule has 0 spiro atoms. The molecule has 0 saturated heterocycles. The maximum absolute atomic E-state index is 12.3. The van der Waals surface area contributed by atoms with Crippen molar-refractivity contribution in [2.45, 2.75) is 69.1 Å². The van der Waals surface area contributed by atoms with Crippen molar-refractivity contribution in [3.63, 3.8) is 0 Å². The molecule has 1 heterocycles. The van der Waals surface area contributed by atoms with Crippen molar-refractivity contribution in [2.75, 3.05) is 11.6 Å². The highest BCUT2D eigenvalue weighted by Gasteiger charge is 2.35. The molecule has 0 bridgehead atoms. The Morgan fingerprint density at radius 1 is 1.29 bits per heavy atom. The first-order valence-electron chi connectivity index (χ1n) is 8.43. The summed E-state index contributed by atoms with van der Waals surface area (Å²) < 4.78 is 23.8. The normalized spacial score (nSPS) is 26.0. The van der Waals surface area contributed by atoms with E-state index in [9.17, 15) is 13.2 Å². The molecule has 0 unspecified atom stereocenters. The zero-order valence-electron chi connectivity index (χ0n) is 14.4. The van der Waals surface area contributed by atoms with Gasteiger partial charge in [0.2, 0.25) is 0 Å². The molecule has 2 N–H and O–H groups in total. The molecule has 1 aromatic rings. The molecule has 1 fully saturated rings. The highest BCUT2D eigenvalue weighted by Crippen LogP contribution is 2.42. The van der Waals surface area contributed by atoms with Gasteiger partial charge in [0.1, 0.15) is 0 Å². The Labute approximate surface area is 147 Å². The van der Waals surface area contributed by atoms with Gasteiger partial charge in [-0.25, -0.2) is 18.2 Å². The van der Waals surface area contributed by atoms with Crippen LogP contribution in [0.15, 0.2) is 0 Å². The van der Waals surface area contributed by atoms with Gasteiger partial charge in [0.15, 0.2) is 15.0 Å². The summed E-state index contributed by atoms with van der Waals surface area (Å²) in [7, 11) is -3.16. The van der Waals surface area contributed by atoms with Crippen molar-refractivity contribution in [1.29, 1.82) is 0 Å². The van der Waals surface area contributed by atoms with E-state index >= 15 is 0 Å². The predicted molar refractivity (Wildman–Crippen MR) is 96.5 cm³/mol. The topological polar surface area (TPSA) is 88.2 Å². The summed E-state index contributed by atoms with van der Waals surface area (Å²) in [6, 6.07) is -0.683. The molecule has 6 nitrogen and oxygen atoms in total. The molecule has 2 aliphatic rings. The molecule has 0 aliphatic heterocycles. The molecule has 8 heteroatoms. The smallest absolute Gasteiger partial charge is 0.321 e. The second-order valence-electron chi connectivity index (χ2n) is 7.53. The Bertz CT molecular complexity index is 740. The molecule has 134 valence electrons. The van der Waals surface area contributed by atoms with Crippen LogP contribution in [0.4, 0.5) is 9.93 Å². The number of urea groups is 1. The predicted octanol–water partition coefficient (Wildman–Crippen LogP) is 2.84. The summed E-state index contributed by atoms with van der Waals surface area (Å²) in [6.45, 7) is 4.34. The van der Waals surface area contributed by atoms with Crippen LogP contribution in [0.1, 0.15) is 56.5 Å². The largest absolute Gasteiger partial charge is 0.334 e. The fourth-order valence-electron chi connectivity index (χ4n) is 3.72. The number of sulfone groups is 1. The molecule has 1 saturated carbocycles. The number of nitrogens with one attached hydrogen (secondary N) is 2. The van der Waals surface area contributed by atoms with Crippen LogP contribution in [0.3, 0.4) is 0 Å². The molecule has 1 aromatic heterocycles. The number of thiazole rings is 1. The van der Waals surface area contributed by atoms with E-state index in [1.54, 1.807) is 0 Å². The van der Waals surface area contributed by atoms with Gasteiger partial charge in [-0.2, -0.15) is 0 Å². The van der Waals surface area contributed by atoms with Gasteiger partial charge in [0.05, 0.1) is 10.9 Å². The number of rotatable bonds is 3. The number of nitrogens with zero attached hydrogens (tertiary/aromatic N) is 1. The van der Waals surface area contributed by atoms with Gasteiger partial charge in [-0.1, -0.05) is 26.7 Å². The van der Waals surface area contributed by atoms with Gasteiger partial charge >= 0.3 is 6.03 Å². The van der Waals surface area contributed by atoms with E-state index in [-0.39, 0.29) is 17.5 Å². The number of fused-ring (bicyclic) bond motifs is 1. The summed E-state index contributed by atoms with van der Waals surface area (Å²) in [5.41, 5.74) is 1.14. The van der Waals surface area contributed by atoms with Crippen molar-refractivity contribution in [3.8, 4) is 0 Å². The van der Waals surface area contributed by atoms with E-state index in [1.165, 1.54) is 22.5 Å². The van der Waals surface area contributed by atoms with E-state index < -0.39 is 15.1 Å². The summed E-state index contributed by atoms with van der Waals surface area (Å²) in [4.78, 5) is 18.1. The van der Waals surface area contributed by atoms with E-state index in [0.717, 1.165) is 31.4 Å². The zero-order chi connectivity index (χ0) is 17.5. The summed E-state index contributed by atoms with van der Waals surface area (Å²) in [5, 5.41) is 5.74. The molecule has 2 atom stereocenters. The average molecular weight is 372 g/mol. The number of aromatic nitrogens is 1. The Morgan fingerprint density at radius 3 is 2.67 bits per heavy atom. The van der Waals surface area contributed by atoms with Crippen LogP contribution in [0, 0.1) is 0 Å². The van der Waals surface area contributed by atoms with Crippen molar-refractivity contribution in [1.82, 2.24) is 10.3 Å². The van der Waals surface area contributed by atoms with Gasteiger partial charge in [0, 0.05) is 22.6 Å². The first-order chi connectivity index (χ1) is 11.2. The minimum absolute atomic E-state index is 0.0625. The Kier molecular flexibility index (Phi) is 4.63. The second-order valence-corrected chi connectivity index (χ2v) is 10.9. The number of hydrogen-bond acceptors (Lipinski definition) is 5. The lowest BCUT2D eigenvalue weighted by Crippen LogP contribution is -2.49. The maximum Gasteiger partial charge on any atom is 0.321 e. The summed E-state index contributed by atoms with van der Waals surface area (Å²) >= 11 is 1.52. The number of aryl methyl sites for hydroxylation is 1. The number of amides is 2. The fraction of sp³-hybridized carbons (Fsp3) is 0.750. The third-order valence-electron chi connectivity index (χ3n) is 5.10. The molecule has 3 rings (SSSR count). The maximum atomic E-state index is 12.3. The minimum Gasteiger partial charge on any atom is -0.334 e. The molecular formula is C16H25N3O3S2.